The summed E-state index contributed by atoms with van der Waals surface area (Å²) in [7, 11) is -10.3. The first-order chi connectivity index (χ1) is 25.0. The fourth-order valence-electron chi connectivity index (χ4n) is 5.81. The van der Waals surface area contributed by atoms with Gasteiger partial charge in [0.25, 0.3) is 12.0 Å². The van der Waals surface area contributed by atoms with E-state index in [9.17, 15) is 56.3 Å². The molecule has 2 amide bonds. The number of aliphatic hydroxyl groups excluding tert-OH is 1. The molecule has 1 aromatic carbocycles. The molecule has 1 saturated heterocycles. The molecule has 4 atom stereocenters. The van der Waals surface area contributed by atoms with Gasteiger partial charge in [0.1, 0.15) is 18.5 Å². The first kappa shape index (κ1) is 42.4. The van der Waals surface area contributed by atoms with E-state index in [0.717, 1.165) is 9.86 Å². The lowest BCUT2D eigenvalue weighted by molar-refractivity contribution is -0.508. The molecule has 19 nitrogen and oxygen atoms in total. The Morgan fingerprint density at radius 1 is 1.20 bits per heavy atom. The number of imidazole rings is 1. The summed E-state index contributed by atoms with van der Waals surface area (Å²) in [6.07, 6.45) is 3.79. The van der Waals surface area contributed by atoms with Gasteiger partial charge in [-0.2, -0.15) is 30.7 Å². The van der Waals surface area contributed by atoms with Gasteiger partial charge >= 0.3 is 27.8 Å². The van der Waals surface area contributed by atoms with Crippen molar-refractivity contribution in [2.24, 2.45) is 11.8 Å². The summed E-state index contributed by atoms with van der Waals surface area (Å²) in [4.78, 5) is 49.9. The number of hydrogen-bond donors (Lipinski definition) is 4. The molecule has 0 saturated carbocycles. The number of carboxylic acids is 1. The molecule has 2 aliphatic rings. The minimum Gasteiger partial charge on any atom is -0.741 e. The second-order valence-corrected chi connectivity index (χ2v) is 16.4. The van der Waals surface area contributed by atoms with E-state index >= 15 is 0 Å². The largest absolute Gasteiger partial charge is 0.741 e. The smallest absolute Gasteiger partial charge is 0.485 e. The maximum atomic E-state index is 12.7. The molecule has 2 aliphatic heterocycles. The first-order valence-electron chi connectivity index (χ1n) is 15.3. The minimum absolute atomic E-state index is 0.00258. The number of rotatable bonds is 13. The number of alkyl halides is 3. The number of amides is 2. The highest BCUT2D eigenvalue weighted by atomic mass is 32.2. The zero-order valence-electron chi connectivity index (χ0n) is 28.0. The topological polar surface area (TPSA) is 272 Å². The molecule has 296 valence electrons. The molecule has 0 unspecified atom stereocenters. The number of hydrogen-bond acceptors (Lipinski definition) is 14. The van der Waals surface area contributed by atoms with E-state index in [1.165, 1.54) is 59.2 Å². The van der Waals surface area contributed by atoms with Gasteiger partial charge < -0.3 is 24.4 Å². The Morgan fingerprint density at radius 3 is 2.33 bits per heavy atom. The van der Waals surface area contributed by atoms with Crippen molar-refractivity contribution < 1.29 is 73.2 Å². The van der Waals surface area contributed by atoms with E-state index in [0.29, 0.717) is 29.0 Å². The van der Waals surface area contributed by atoms with Crippen LogP contribution in [-0.4, -0.2) is 94.4 Å². The van der Waals surface area contributed by atoms with E-state index in [4.69, 9.17) is 17.7 Å². The first-order valence-corrected chi connectivity index (χ1v) is 20.2. The minimum atomic E-state index is -6.09. The van der Waals surface area contributed by atoms with Crippen LogP contribution in [0.1, 0.15) is 30.7 Å². The van der Waals surface area contributed by atoms with Crippen LogP contribution >= 0.6 is 23.1 Å². The number of nitro groups is 1. The third-order valence-electron chi connectivity index (χ3n) is 8.12. The van der Waals surface area contributed by atoms with Gasteiger partial charge in [-0.3, -0.25) is 14.9 Å². The van der Waals surface area contributed by atoms with Crippen molar-refractivity contribution in [1.82, 2.24) is 18.9 Å². The zero-order chi connectivity index (χ0) is 40.5. The molecule has 0 aliphatic carbocycles. The van der Waals surface area contributed by atoms with Crippen LogP contribution in [0.3, 0.4) is 0 Å². The number of aromatic nitrogens is 2. The highest BCUT2D eigenvalue weighted by molar-refractivity contribution is 7.98. The van der Waals surface area contributed by atoms with E-state index in [2.05, 4.69) is 4.72 Å². The van der Waals surface area contributed by atoms with Crippen molar-refractivity contribution in [3.8, 4) is 0 Å². The summed E-state index contributed by atoms with van der Waals surface area (Å²) < 4.78 is 96.2. The molecule has 2 aromatic heterocycles. The van der Waals surface area contributed by atoms with E-state index in [1.54, 1.807) is 4.72 Å². The lowest BCUT2D eigenvalue weighted by Gasteiger charge is -2.46. The molecule has 26 heteroatoms. The molecule has 0 bridgehead atoms. The summed E-state index contributed by atoms with van der Waals surface area (Å²) in [6.45, 7) is 3.54. The van der Waals surface area contributed by atoms with Crippen LogP contribution in [0.25, 0.3) is 10.4 Å². The lowest BCUT2D eigenvalue weighted by atomic mass is 9.77. The van der Waals surface area contributed by atoms with Crippen LogP contribution in [0.4, 0.5) is 23.7 Å². The number of non-ortho nitro benzene ring substituents is 1. The number of aryl methyl sites for hydroxylation is 1. The second-order valence-electron chi connectivity index (χ2n) is 11.7. The molecule has 3 aromatic rings. The second kappa shape index (κ2) is 16.2. The molecule has 0 radical (unpaired) electrons. The third-order valence-corrected chi connectivity index (χ3v) is 11.8. The van der Waals surface area contributed by atoms with E-state index in [-0.39, 0.29) is 30.5 Å². The van der Waals surface area contributed by atoms with Gasteiger partial charge in [0.05, 0.1) is 34.4 Å². The van der Waals surface area contributed by atoms with Crippen LogP contribution in [0.5, 0.6) is 0 Å². The fourth-order valence-corrected chi connectivity index (χ4v) is 8.78. The molecule has 54 heavy (non-hydrogen) atoms. The Balaban J connectivity index is 0.000000730. The Labute approximate surface area is 312 Å². The number of thioether (sulfide) groups is 1. The summed E-state index contributed by atoms with van der Waals surface area (Å²) in [6, 6.07) is 4.84. The van der Waals surface area contributed by atoms with Gasteiger partial charge in [0.15, 0.2) is 10.1 Å². The Bertz CT molecular complexity index is 2200. The number of benzene rings is 1. The van der Waals surface area contributed by atoms with Gasteiger partial charge in [0.2, 0.25) is 15.8 Å². The number of nitro benzene ring substituents is 1. The maximum absolute atomic E-state index is 12.7. The van der Waals surface area contributed by atoms with Crippen molar-refractivity contribution >= 4 is 77.5 Å². The van der Waals surface area contributed by atoms with Crippen LogP contribution in [0.2, 0.25) is 0 Å². The molecule has 1 fully saturated rings. The highest BCUT2D eigenvalue weighted by Gasteiger charge is 2.60. The molecular formula is C28H31F3N6O13S4. The normalized spacial score (nSPS) is 19.1. The number of ether oxygens (including phenoxy) is 1. The van der Waals surface area contributed by atoms with Gasteiger partial charge in [-0.1, -0.05) is 30.0 Å². The van der Waals surface area contributed by atoms with Gasteiger partial charge in [-0.15, -0.1) is 0 Å². The number of nitrogens with zero attached hydrogens (tertiary/aromatic N) is 4. The van der Waals surface area contributed by atoms with Crippen LogP contribution in [0.15, 0.2) is 47.5 Å². The van der Waals surface area contributed by atoms with E-state index < -0.39 is 66.8 Å². The van der Waals surface area contributed by atoms with Crippen molar-refractivity contribution in [3.63, 3.8) is 0 Å². The number of halogens is 3. The SMILES string of the molecule is CSc1c2sc(C3=C(C(=O)O)N4C(=O)[C@H]([C@@H](C)O)[C@H]4[C@H]3C)c[n+]2cn1CCCNS(=O)(=O)NC(=O)OCc1ccc([N+](=O)[O-])cc1.O=S(=O)([O-])C(F)(F)F. The van der Waals surface area contributed by atoms with Gasteiger partial charge in [0, 0.05) is 30.2 Å². The van der Waals surface area contributed by atoms with Gasteiger partial charge in [-0.05, 0) is 37.3 Å². The summed E-state index contributed by atoms with van der Waals surface area (Å²) in [5.74, 6) is -2.54. The Morgan fingerprint density at radius 2 is 1.81 bits per heavy atom. The number of nitrogens with one attached hydrogen (secondary N) is 2. The van der Waals surface area contributed by atoms with Crippen molar-refractivity contribution in [3.05, 3.63) is 63.0 Å². The monoisotopic (exact) mass is 844 g/mol. The average Bonchev–Trinajstić information content (AvgIpc) is 3.68. The number of carboxylic acid groups (broad SMARTS) is 1. The third kappa shape index (κ3) is 9.12. The number of carbonyl (C=O) groups is 3. The molecule has 0 spiro atoms. The summed E-state index contributed by atoms with van der Waals surface area (Å²) in [5, 5.41) is 31.7. The molecule has 4 heterocycles. The lowest BCUT2D eigenvalue weighted by Crippen LogP contribution is -2.63. The van der Waals surface area contributed by atoms with Crippen LogP contribution in [0, 0.1) is 22.0 Å². The van der Waals surface area contributed by atoms with E-state index in [1.807, 2.05) is 34.7 Å². The quantitative estimate of drug-likeness (QED) is 0.0279. The molecule has 5 rings (SSSR count). The fraction of sp³-hybridized carbons (Fsp3) is 0.429. The number of β-lactam (4-membered cyclic amide) rings is 1. The summed E-state index contributed by atoms with van der Waals surface area (Å²) in [5.41, 5.74) is -4.84. The predicted octanol–water partition coefficient (Wildman–Crippen LogP) is 1.77. The number of thiazole rings is 1. The average molecular weight is 845 g/mol. The number of fused-ring (bicyclic) bond motifs is 2. The van der Waals surface area contributed by atoms with Crippen LogP contribution < -0.4 is 13.8 Å². The van der Waals surface area contributed by atoms with Crippen LogP contribution in [-0.2, 0) is 47.8 Å². The van der Waals surface area contributed by atoms with Gasteiger partial charge in [-0.25, -0.2) is 27.3 Å². The standard InChI is InChI=1S/C27H30N6O10S3.CHF3O3S/c1-14-19(22(26(36)37)32-21(14)20(15(2)34)23(32)35)18-11-31-13-30(24(44-3)25(31)45-18)10-4-9-28-46(41,42)29-27(38)43-12-16-5-7-17(8-6-16)33(39)40;2-1(3,4)8(5,6)7/h5-8,11,13-15,20-21,28,34H,4,9-10,12H2,1-3H3,(H-,29,36,37,38);(H,5,6,7)/t14-,15+,20+,21+;/m0./s1. The molecule has 4 N–H and O–H groups in total. The maximum Gasteiger partial charge on any atom is 0.485 e. The number of aliphatic carboxylic acids is 1. The molecular weight excluding hydrogens is 814 g/mol. The number of carbonyl (C=O) groups excluding carboxylic acids is 2. The summed E-state index contributed by atoms with van der Waals surface area (Å²) >= 11 is 2.85. The number of aliphatic hydroxyl groups is 1. The van der Waals surface area contributed by atoms with Crippen molar-refractivity contribution in [2.75, 3.05) is 12.8 Å². The van der Waals surface area contributed by atoms with Crippen molar-refractivity contribution in [1.29, 1.82) is 0 Å². The van der Waals surface area contributed by atoms with Crippen molar-refractivity contribution in [2.45, 2.75) is 56.1 Å². The Kier molecular flexibility index (Phi) is 12.7. The highest BCUT2D eigenvalue weighted by Crippen LogP contribution is 2.51. The zero-order valence-corrected chi connectivity index (χ0v) is 31.3. The predicted molar refractivity (Wildman–Crippen MR) is 180 cm³/mol. The Hall–Kier alpha value is -4.34.